The van der Waals surface area contributed by atoms with Gasteiger partial charge in [-0.2, -0.15) is 0 Å². The van der Waals surface area contributed by atoms with Crippen molar-refractivity contribution in [3.8, 4) is 5.75 Å². The maximum atomic E-state index is 12.9. The molecular formula is C21H15FO3. The van der Waals surface area contributed by atoms with Gasteiger partial charge in [-0.25, -0.2) is 4.39 Å². The van der Waals surface area contributed by atoms with Crippen molar-refractivity contribution in [1.82, 2.24) is 0 Å². The van der Waals surface area contributed by atoms with Gasteiger partial charge in [-0.05, 0) is 42.0 Å². The van der Waals surface area contributed by atoms with Crippen molar-refractivity contribution in [1.29, 1.82) is 0 Å². The van der Waals surface area contributed by atoms with Crippen LogP contribution >= 0.6 is 0 Å². The normalized spacial score (nSPS) is 10.3. The SMILES string of the molecule is O=C(Cc1ccc(F)cc1)Oc1ccc(C(=O)c2ccccc2)cc1. The maximum absolute atomic E-state index is 12.9. The molecule has 0 spiro atoms. The number of ketones is 1. The van der Waals surface area contributed by atoms with Gasteiger partial charge in [-0.1, -0.05) is 42.5 Å². The highest BCUT2D eigenvalue weighted by molar-refractivity contribution is 6.09. The van der Waals surface area contributed by atoms with Crippen LogP contribution in [0.4, 0.5) is 4.39 Å². The first-order valence-corrected chi connectivity index (χ1v) is 7.77. The predicted octanol–water partition coefficient (Wildman–Crippen LogP) is 4.20. The molecule has 0 unspecified atom stereocenters. The smallest absolute Gasteiger partial charge is 0.315 e. The molecule has 0 radical (unpaired) electrons. The Balaban J connectivity index is 1.63. The number of rotatable bonds is 5. The molecule has 0 aliphatic heterocycles. The molecule has 124 valence electrons. The summed E-state index contributed by atoms with van der Waals surface area (Å²) >= 11 is 0. The average molecular weight is 334 g/mol. The highest BCUT2D eigenvalue weighted by Crippen LogP contribution is 2.16. The molecule has 0 aromatic heterocycles. The zero-order valence-electron chi connectivity index (χ0n) is 13.3. The lowest BCUT2D eigenvalue weighted by Gasteiger charge is -2.06. The minimum atomic E-state index is -0.450. The molecule has 0 aliphatic carbocycles. The van der Waals surface area contributed by atoms with E-state index in [1.165, 1.54) is 24.3 Å². The minimum Gasteiger partial charge on any atom is -0.426 e. The maximum Gasteiger partial charge on any atom is 0.315 e. The van der Waals surface area contributed by atoms with Gasteiger partial charge in [0.05, 0.1) is 6.42 Å². The second kappa shape index (κ2) is 7.53. The van der Waals surface area contributed by atoms with E-state index in [0.29, 0.717) is 22.4 Å². The molecule has 0 N–H and O–H groups in total. The highest BCUT2D eigenvalue weighted by Gasteiger charge is 2.10. The number of carbonyl (C=O) groups excluding carboxylic acids is 2. The Kier molecular flexibility index (Phi) is 5.00. The standard InChI is InChI=1S/C21H15FO3/c22-18-10-6-15(7-11-18)14-20(23)25-19-12-8-17(9-13-19)21(24)16-4-2-1-3-5-16/h1-13H,14H2. The van der Waals surface area contributed by atoms with Crippen LogP contribution in [0.25, 0.3) is 0 Å². The molecule has 3 nitrogen and oxygen atoms in total. The van der Waals surface area contributed by atoms with E-state index < -0.39 is 5.97 Å². The zero-order chi connectivity index (χ0) is 17.6. The molecule has 0 amide bonds. The van der Waals surface area contributed by atoms with Crippen molar-refractivity contribution in [2.24, 2.45) is 0 Å². The van der Waals surface area contributed by atoms with Gasteiger partial charge < -0.3 is 4.74 Å². The van der Waals surface area contributed by atoms with Crippen molar-refractivity contribution >= 4 is 11.8 Å². The summed E-state index contributed by atoms with van der Waals surface area (Å²) in [6.07, 6.45) is 0.0466. The third-order valence-corrected chi connectivity index (χ3v) is 3.65. The second-order valence-corrected chi connectivity index (χ2v) is 5.50. The minimum absolute atomic E-state index is 0.0466. The Hall–Kier alpha value is -3.27. The average Bonchev–Trinajstić information content (AvgIpc) is 2.64. The van der Waals surface area contributed by atoms with Crippen LogP contribution in [-0.4, -0.2) is 11.8 Å². The monoisotopic (exact) mass is 334 g/mol. The molecular weight excluding hydrogens is 319 g/mol. The third-order valence-electron chi connectivity index (χ3n) is 3.65. The number of benzene rings is 3. The fourth-order valence-electron chi connectivity index (χ4n) is 2.37. The van der Waals surface area contributed by atoms with Gasteiger partial charge >= 0.3 is 5.97 Å². The lowest BCUT2D eigenvalue weighted by Crippen LogP contribution is -2.11. The Bertz CT molecular complexity index is 869. The van der Waals surface area contributed by atoms with Gasteiger partial charge in [0, 0.05) is 11.1 Å². The van der Waals surface area contributed by atoms with Crippen molar-refractivity contribution < 1.29 is 18.7 Å². The topological polar surface area (TPSA) is 43.4 Å². The summed E-state index contributed by atoms with van der Waals surface area (Å²) in [4.78, 5) is 24.2. The molecule has 0 fully saturated rings. The van der Waals surface area contributed by atoms with Gasteiger partial charge in [0.1, 0.15) is 11.6 Å². The Morgan fingerprint density at radius 2 is 1.36 bits per heavy atom. The van der Waals surface area contributed by atoms with E-state index in [9.17, 15) is 14.0 Å². The first-order valence-electron chi connectivity index (χ1n) is 7.77. The van der Waals surface area contributed by atoms with Crippen LogP contribution in [0.5, 0.6) is 5.75 Å². The lowest BCUT2D eigenvalue weighted by atomic mass is 10.0. The summed E-state index contributed by atoms with van der Waals surface area (Å²) in [5.74, 6) is -0.536. The van der Waals surface area contributed by atoms with Crippen LogP contribution in [0.15, 0.2) is 78.9 Å². The fraction of sp³-hybridized carbons (Fsp3) is 0.0476. The van der Waals surface area contributed by atoms with Crippen LogP contribution in [0, 0.1) is 5.82 Å². The van der Waals surface area contributed by atoms with Crippen molar-refractivity contribution in [3.05, 3.63) is 101 Å². The number of carbonyl (C=O) groups is 2. The summed E-state index contributed by atoms with van der Waals surface area (Å²) < 4.78 is 18.1. The van der Waals surface area contributed by atoms with Gasteiger partial charge in [0.15, 0.2) is 5.78 Å². The summed E-state index contributed by atoms with van der Waals surface area (Å²) in [7, 11) is 0. The molecule has 0 heterocycles. The number of hydrogen-bond donors (Lipinski definition) is 0. The molecule has 0 aliphatic rings. The molecule has 3 aromatic carbocycles. The Morgan fingerprint density at radius 3 is 2.00 bits per heavy atom. The van der Waals surface area contributed by atoms with E-state index in [0.717, 1.165) is 0 Å². The molecule has 0 bridgehead atoms. The molecule has 25 heavy (non-hydrogen) atoms. The highest BCUT2D eigenvalue weighted by atomic mass is 19.1. The molecule has 3 aromatic rings. The molecule has 0 atom stereocenters. The first kappa shape index (κ1) is 16.6. The van der Waals surface area contributed by atoms with Crippen molar-refractivity contribution in [2.75, 3.05) is 0 Å². The van der Waals surface area contributed by atoms with Crippen LogP contribution in [0.3, 0.4) is 0 Å². The van der Waals surface area contributed by atoms with E-state index >= 15 is 0 Å². The van der Waals surface area contributed by atoms with E-state index in [4.69, 9.17) is 4.74 Å². The Morgan fingerprint density at radius 1 is 0.760 bits per heavy atom. The number of halogens is 1. The van der Waals surface area contributed by atoms with Crippen LogP contribution < -0.4 is 4.74 Å². The van der Waals surface area contributed by atoms with Gasteiger partial charge in [-0.3, -0.25) is 9.59 Å². The number of hydrogen-bond acceptors (Lipinski definition) is 3. The number of ether oxygens (including phenoxy) is 1. The molecule has 4 heteroatoms. The largest absolute Gasteiger partial charge is 0.426 e. The van der Waals surface area contributed by atoms with Gasteiger partial charge in [0.2, 0.25) is 0 Å². The van der Waals surface area contributed by atoms with E-state index in [1.54, 1.807) is 48.5 Å². The van der Waals surface area contributed by atoms with E-state index in [1.807, 2.05) is 6.07 Å². The van der Waals surface area contributed by atoms with Crippen LogP contribution in [-0.2, 0) is 11.2 Å². The number of esters is 1. The van der Waals surface area contributed by atoms with Gasteiger partial charge in [0.25, 0.3) is 0 Å². The molecule has 0 saturated heterocycles. The lowest BCUT2D eigenvalue weighted by molar-refractivity contribution is -0.133. The Labute approximate surface area is 144 Å². The van der Waals surface area contributed by atoms with Crippen molar-refractivity contribution in [2.45, 2.75) is 6.42 Å². The quantitative estimate of drug-likeness (QED) is 0.399. The second-order valence-electron chi connectivity index (χ2n) is 5.50. The third kappa shape index (κ3) is 4.38. The predicted molar refractivity (Wildman–Crippen MR) is 92.1 cm³/mol. The van der Waals surface area contributed by atoms with Gasteiger partial charge in [-0.15, -0.1) is 0 Å². The van der Waals surface area contributed by atoms with Crippen molar-refractivity contribution in [3.63, 3.8) is 0 Å². The van der Waals surface area contributed by atoms with E-state index in [2.05, 4.69) is 0 Å². The first-order chi connectivity index (χ1) is 12.1. The fourth-order valence-corrected chi connectivity index (χ4v) is 2.37. The summed E-state index contributed by atoms with van der Waals surface area (Å²) in [5.41, 5.74) is 1.79. The van der Waals surface area contributed by atoms with Crippen LogP contribution in [0.1, 0.15) is 21.5 Å². The summed E-state index contributed by atoms with van der Waals surface area (Å²) in [6, 6.07) is 21.0. The summed E-state index contributed by atoms with van der Waals surface area (Å²) in [6.45, 7) is 0. The molecule has 0 saturated carbocycles. The van der Waals surface area contributed by atoms with E-state index in [-0.39, 0.29) is 18.0 Å². The summed E-state index contributed by atoms with van der Waals surface area (Å²) in [5, 5.41) is 0. The molecule has 3 rings (SSSR count). The zero-order valence-corrected chi connectivity index (χ0v) is 13.3. The van der Waals surface area contributed by atoms with Crippen LogP contribution in [0.2, 0.25) is 0 Å².